The molecule has 24 heavy (non-hydrogen) atoms. The van der Waals surface area contributed by atoms with Crippen LogP contribution in [0.4, 0.5) is 0 Å². The van der Waals surface area contributed by atoms with Crippen LogP contribution < -0.4 is 0 Å². The van der Waals surface area contributed by atoms with Crippen LogP contribution in [0.3, 0.4) is 0 Å². The van der Waals surface area contributed by atoms with Crippen LogP contribution in [-0.2, 0) is 6.42 Å². The maximum Gasteiger partial charge on any atom is 0.0317 e. The van der Waals surface area contributed by atoms with Crippen molar-refractivity contribution in [2.24, 2.45) is 0 Å². The molecule has 0 atom stereocenters. The molecule has 3 aromatic carbocycles. The Kier molecular flexibility index (Phi) is 5.74. The van der Waals surface area contributed by atoms with E-state index in [0.717, 1.165) is 12.8 Å². The number of rotatable bonds is 1. The number of thioether (sulfide) groups is 1. The van der Waals surface area contributed by atoms with Crippen LogP contribution in [0, 0.1) is 0 Å². The third-order valence-corrected chi connectivity index (χ3v) is 6.68. The summed E-state index contributed by atoms with van der Waals surface area (Å²) in [6, 6.07) is 13.6. The second-order valence-corrected chi connectivity index (χ2v) is 8.31. The zero-order chi connectivity index (χ0) is 17.3. The molecule has 3 heteroatoms. The van der Waals surface area contributed by atoms with E-state index >= 15 is 0 Å². The Morgan fingerprint density at radius 2 is 1.62 bits per heavy atom. The van der Waals surface area contributed by atoms with Crippen LogP contribution in [-0.4, -0.2) is 6.26 Å². The largest absolute Gasteiger partial charge is 0.128 e. The predicted molar refractivity (Wildman–Crippen MR) is 118 cm³/mol. The summed E-state index contributed by atoms with van der Waals surface area (Å²) in [5.41, 5.74) is 2.84. The lowest BCUT2D eigenvalue weighted by molar-refractivity contribution is 0.988. The molecule has 0 aliphatic heterocycles. The topological polar surface area (TPSA) is 0 Å². The van der Waals surface area contributed by atoms with E-state index in [1.54, 1.807) is 11.8 Å². The number of aryl methyl sites for hydroxylation is 1. The minimum Gasteiger partial charge on any atom is -0.128 e. The van der Waals surface area contributed by atoms with Crippen molar-refractivity contribution in [3.05, 3.63) is 56.5 Å². The van der Waals surface area contributed by atoms with E-state index in [1.165, 1.54) is 46.5 Å². The first kappa shape index (κ1) is 18.0. The number of allylic oxidation sites excluding steroid dienone is 1. The number of hydrogen-bond acceptors (Lipinski definition) is 1. The third kappa shape index (κ3) is 3.18. The highest BCUT2D eigenvalue weighted by atomic mass is 79.9. The molecule has 4 rings (SSSR count). The highest BCUT2D eigenvalue weighted by molar-refractivity contribution is 9.11. The van der Waals surface area contributed by atoms with Crippen LogP contribution in [0.5, 0.6) is 0 Å². The summed E-state index contributed by atoms with van der Waals surface area (Å²) < 4.78 is 2.48. The van der Waals surface area contributed by atoms with Crippen LogP contribution in [0.25, 0.3) is 27.6 Å². The maximum absolute atomic E-state index is 3.67. The molecule has 1 aliphatic carbocycles. The Labute approximate surface area is 165 Å². The van der Waals surface area contributed by atoms with E-state index in [9.17, 15) is 0 Å². The lowest BCUT2D eigenvalue weighted by Crippen LogP contribution is -1.97. The predicted octanol–water partition coefficient (Wildman–Crippen LogP) is 8.19. The summed E-state index contributed by atoms with van der Waals surface area (Å²) in [6.45, 7) is 4.00. The van der Waals surface area contributed by atoms with Gasteiger partial charge in [0.2, 0.25) is 0 Å². The van der Waals surface area contributed by atoms with Gasteiger partial charge in [0.15, 0.2) is 0 Å². The summed E-state index contributed by atoms with van der Waals surface area (Å²) >= 11 is 9.10. The quantitative estimate of drug-likeness (QED) is 0.259. The first-order chi connectivity index (χ1) is 11.7. The van der Waals surface area contributed by atoms with E-state index in [1.807, 2.05) is 13.8 Å². The fraction of sp³-hybridized carbons (Fsp3) is 0.238. The van der Waals surface area contributed by atoms with Crippen molar-refractivity contribution in [1.29, 1.82) is 0 Å². The molecule has 3 aromatic rings. The van der Waals surface area contributed by atoms with Crippen LogP contribution in [0.2, 0.25) is 0 Å². The SMILES string of the molecule is CC.CSc1cc2c(ccc3c4c(ccc32)C=C(Br)CC4)cc1Br. The molecule has 0 nitrogen and oxygen atoms in total. The van der Waals surface area contributed by atoms with Crippen LogP contribution in [0.15, 0.2) is 50.2 Å². The Balaban J connectivity index is 0.000000815. The van der Waals surface area contributed by atoms with Crippen LogP contribution in [0.1, 0.15) is 31.4 Å². The standard InChI is InChI=1S/C19H14Br2S.C2H6/c1-22-19-10-17-12(9-18(19)21)3-5-15-14-7-4-13(20)8-11(14)2-6-16(15)17;1-2/h2-3,5-6,8-10H,4,7H2,1H3;1-2H3. The Morgan fingerprint density at radius 3 is 2.38 bits per heavy atom. The summed E-state index contributed by atoms with van der Waals surface area (Å²) in [7, 11) is 0. The van der Waals surface area contributed by atoms with Gasteiger partial charge in [-0.3, -0.25) is 0 Å². The van der Waals surface area contributed by atoms with Gasteiger partial charge >= 0.3 is 0 Å². The molecule has 0 N–H and O–H groups in total. The molecule has 0 fully saturated rings. The van der Waals surface area contributed by atoms with Crippen molar-refractivity contribution in [3.8, 4) is 0 Å². The molecule has 124 valence electrons. The Hall–Kier alpha value is -0.770. The first-order valence-corrected chi connectivity index (χ1v) is 11.1. The maximum atomic E-state index is 3.67. The highest BCUT2D eigenvalue weighted by Crippen LogP contribution is 2.38. The molecule has 1 aliphatic rings. The van der Waals surface area contributed by atoms with Gasteiger partial charge in [0.25, 0.3) is 0 Å². The lowest BCUT2D eigenvalue weighted by atomic mass is 9.90. The van der Waals surface area contributed by atoms with Gasteiger partial charge in [0.05, 0.1) is 0 Å². The van der Waals surface area contributed by atoms with Crippen molar-refractivity contribution in [2.45, 2.75) is 31.6 Å². The molecule has 0 saturated carbocycles. The zero-order valence-corrected chi connectivity index (χ0v) is 18.1. The fourth-order valence-electron chi connectivity index (χ4n) is 3.28. The van der Waals surface area contributed by atoms with Crippen molar-refractivity contribution in [3.63, 3.8) is 0 Å². The molecule has 0 amide bonds. The average Bonchev–Trinajstić information content (AvgIpc) is 2.61. The summed E-state index contributed by atoms with van der Waals surface area (Å²) in [4.78, 5) is 1.29. The molecule has 0 radical (unpaired) electrons. The smallest absolute Gasteiger partial charge is 0.0317 e. The molecular formula is C21H20Br2S. The van der Waals surface area contributed by atoms with Crippen molar-refractivity contribution < 1.29 is 0 Å². The Morgan fingerprint density at radius 1 is 0.875 bits per heavy atom. The number of benzene rings is 3. The molecular weight excluding hydrogens is 444 g/mol. The van der Waals surface area contributed by atoms with Crippen molar-refractivity contribution in [1.82, 2.24) is 0 Å². The molecule has 0 saturated heterocycles. The van der Waals surface area contributed by atoms with E-state index in [-0.39, 0.29) is 0 Å². The van der Waals surface area contributed by atoms with Gasteiger partial charge in [-0.25, -0.2) is 0 Å². The summed E-state index contributed by atoms with van der Waals surface area (Å²) in [6.07, 6.45) is 6.60. The van der Waals surface area contributed by atoms with Gasteiger partial charge in [-0.2, -0.15) is 0 Å². The number of fused-ring (bicyclic) bond motifs is 5. The molecule has 0 unspecified atom stereocenters. The van der Waals surface area contributed by atoms with Crippen molar-refractivity contribution >= 4 is 71.2 Å². The van der Waals surface area contributed by atoms with Gasteiger partial charge in [-0.05, 0) is 90.4 Å². The molecule has 0 aromatic heterocycles. The van der Waals surface area contributed by atoms with Gasteiger partial charge in [0, 0.05) is 9.37 Å². The molecule has 0 spiro atoms. The van der Waals surface area contributed by atoms with Gasteiger partial charge in [-0.1, -0.05) is 54.0 Å². The monoisotopic (exact) mass is 462 g/mol. The number of halogens is 2. The van der Waals surface area contributed by atoms with Gasteiger partial charge < -0.3 is 0 Å². The van der Waals surface area contributed by atoms with Crippen molar-refractivity contribution in [2.75, 3.05) is 6.26 Å². The summed E-state index contributed by atoms with van der Waals surface area (Å²) in [5.74, 6) is 0. The Bertz CT molecular complexity index is 942. The molecule has 0 heterocycles. The highest BCUT2D eigenvalue weighted by Gasteiger charge is 2.14. The second kappa shape index (κ2) is 7.63. The van der Waals surface area contributed by atoms with E-state index in [2.05, 4.69) is 80.6 Å². The minimum atomic E-state index is 1.10. The normalized spacial score (nSPS) is 13.3. The third-order valence-electron chi connectivity index (χ3n) is 4.36. The van der Waals surface area contributed by atoms with E-state index in [4.69, 9.17) is 0 Å². The fourth-order valence-corrected chi connectivity index (χ4v) is 5.06. The van der Waals surface area contributed by atoms with Gasteiger partial charge in [0.1, 0.15) is 0 Å². The van der Waals surface area contributed by atoms with Gasteiger partial charge in [-0.15, -0.1) is 11.8 Å². The zero-order valence-electron chi connectivity index (χ0n) is 14.1. The minimum absolute atomic E-state index is 1.10. The first-order valence-electron chi connectivity index (χ1n) is 8.25. The van der Waals surface area contributed by atoms with Crippen LogP contribution >= 0.6 is 43.6 Å². The van der Waals surface area contributed by atoms with E-state index in [0.29, 0.717) is 0 Å². The number of hydrogen-bond donors (Lipinski definition) is 0. The average molecular weight is 464 g/mol. The van der Waals surface area contributed by atoms with E-state index < -0.39 is 0 Å². The summed E-state index contributed by atoms with van der Waals surface area (Å²) in [5, 5.41) is 5.41. The lowest BCUT2D eigenvalue weighted by Gasteiger charge is -2.17. The second-order valence-electron chi connectivity index (χ2n) is 5.59. The molecule has 0 bridgehead atoms.